The van der Waals surface area contributed by atoms with Gasteiger partial charge in [0.2, 0.25) is 0 Å². The normalized spacial score (nSPS) is 8.88. The van der Waals surface area contributed by atoms with Crippen LogP contribution in [0.5, 0.6) is 0 Å². The molecule has 0 amide bonds. The molecule has 0 aliphatic rings. The lowest BCUT2D eigenvalue weighted by Gasteiger charge is -1.96. The fourth-order valence-corrected chi connectivity index (χ4v) is 1.15. The number of rotatable bonds is 5. The summed E-state index contributed by atoms with van der Waals surface area (Å²) >= 11 is 0. The van der Waals surface area contributed by atoms with E-state index in [4.69, 9.17) is 0 Å². The predicted molar refractivity (Wildman–Crippen MR) is 70.5 cm³/mol. The first-order valence-electron chi connectivity index (χ1n) is 5.91. The summed E-state index contributed by atoms with van der Waals surface area (Å²) in [5, 5.41) is 0. The number of carbonyl (C=O) groups is 1. The fourth-order valence-electron chi connectivity index (χ4n) is 1.15. The summed E-state index contributed by atoms with van der Waals surface area (Å²) in [6.07, 6.45) is 5.52. The Labute approximate surface area is 99.2 Å². The van der Waals surface area contributed by atoms with E-state index >= 15 is 0 Å². The summed E-state index contributed by atoms with van der Waals surface area (Å²) in [6, 6.07) is 9.83. The molecule has 0 N–H and O–H groups in total. The Morgan fingerprint density at radius 3 is 2.25 bits per heavy atom. The van der Waals surface area contributed by atoms with Gasteiger partial charge in [-0.2, -0.15) is 0 Å². The Balaban J connectivity index is 0.000000385. The number of ketones is 1. The van der Waals surface area contributed by atoms with Gasteiger partial charge >= 0.3 is 0 Å². The van der Waals surface area contributed by atoms with Gasteiger partial charge < -0.3 is 0 Å². The van der Waals surface area contributed by atoms with Gasteiger partial charge in [0.05, 0.1) is 0 Å². The van der Waals surface area contributed by atoms with Crippen molar-refractivity contribution in [2.24, 2.45) is 0 Å². The van der Waals surface area contributed by atoms with Gasteiger partial charge in [0.1, 0.15) is 5.78 Å². The number of allylic oxidation sites excluding steroid dienone is 1. The Morgan fingerprint density at radius 2 is 1.88 bits per heavy atom. The second-order valence-corrected chi connectivity index (χ2v) is 3.63. The van der Waals surface area contributed by atoms with Crippen molar-refractivity contribution >= 4 is 5.78 Å². The van der Waals surface area contributed by atoms with E-state index in [-0.39, 0.29) is 0 Å². The topological polar surface area (TPSA) is 17.1 Å². The van der Waals surface area contributed by atoms with Crippen LogP contribution in [0, 0.1) is 0 Å². The van der Waals surface area contributed by atoms with Crippen LogP contribution < -0.4 is 0 Å². The highest BCUT2D eigenvalue weighted by Crippen LogP contribution is 2.00. The van der Waals surface area contributed by atoms with Crippen LogP contribution in [0.3, 0.4) is 0 Å². The minimum absolute atomic E-state index is 0.302. The molecule has 0 saturated heterocycles. The first-order chi connectivity index (χ1) is 7.74. The van der Waals surface area contributed by atoms with Crippen molar-refractivity contribution in [2.75, 3.05) is 0 Å². The van der Waals surface area contributed by atoms with Gasteiger partial charge in [-0.1, -0.05) is 56.7 Å². The lowest BCUT2D eigenvalue weighted by molar-refractivity contribution is -0.118. The lowest BCUT2D eigenvalue weighted by atomic mass is 10.1. The average Bonchev–Trinajstić information content (AvgIpc) is 2.32. The second kappa shape index (κ2) is 10.2. The minimum atomic E-state index is 0.302. The van der Waals surface area contributed by atoms with Gasteiger partial charge in [0.15, 0.2) is 0 Å². The van der Waals surface area contributed by atoms with Crippen LogP contribution in [0.25, 0.3) is 0 Å². The van der Waals surface area contributed by atoms with Crippen molar-refractivity contribution in [3.05, 3.63) is 48.6 Å². The number of Topliss-reactive ketones (excluding diaryl/α,β-unsaturated/α-hetero) is 1. The summed E-state index contributed by atoms with van der Waals surface area (Å²) in [5.74, 6) is 0.302. The molecule has 0 atom stereocenters. The van der Waals surface area contributed by atoms with Gasteiger partial charge in [-0.3, -0.25) is 4.79 Å². The standard InChI is InChI=1S/C10H12O.C5H10/c1-2-10(11)8-9-6-4-3-5-7-9;1-3-5-4-2/h3-7H,2,8H2,1H3;3H,1,4-5H2,2H3. The highest BCUT2D eigenvalue weighted by Gasteiger charge is 1.98. The maximum Gasteiger partial charge on any atom is 0.136 e. The zero-order valence-electron chi connectivity index (χ0n) is 10.4. The molecule has 0 unspecified atom stereocenters. The molecule has 1 nitrogen and oxygen atoms in total. The van der Waals surface area contributed by atoms with Crippen LogP contribution in [0.2, 0.25) is 0 Å². The highest BCUT2D eigenvalue weighted by molar-refractivity contribution is 5.80. The first kappa shape index (κ1) is 14.6. The highest BCUT2D eigenvalue weighted by atomic mass is 16.1. The van der Waals surface area contributed by atoms with E-state index in [1.165, 1.54) is 6.42 Å². The molecule has 0 aliphatic carbocycles. The van der Waals surface area contributed by atoms with Crippen molar-refractivity contribution in [3.8, 4) is 0 Å². The molecule has 0 heterocycles. The Bertz CT molecular complexity index is 288. The van der Waals surface area contributed by atoms with Crippen molar-refractivity contribution in [3.63, 3.8) is 0 Å². The van der Waals surface area contributed by atoms with Gasteiger partial charge in [-0.15, -0.1) is 6.58 Å². The molecule has 0 aromatic heterocycles. The predicted octanol–water partition coefficient (Wildman–Crippen LogP) is 4.18. The van der Waals surface area contributed by atoms with Crippen LogP contribution >= 0.6 is 0 Å². The van der Waals surface area contributed by atoms with Gasteiger partial charge in [0, 0.05) is 12.8 Å². The number of unbranched alkanes of at least 4 members (excludes halogenated alkanes) is 1. The zero-order valence-corrected chi connectivity index (χ0v) is 10.4. The summed E-state index contributed by atoms with van der Waals surface area (Å²) in [4.78, 5) is 11.0. The summed E-state index contributed by atoms with van der Waals surface area (Å²) in [7, 11) is 0. The number of hydrogen-bond acceptors (Lipinski definition) is 1. The zero-order chi connectivity index (χ0) is 12.2. The van der Waals surface area contributed by atoms with Crippen molar-refractivity contribution in [2.45, 2.75) is 39.5 Å². The van der Waals surface area contributed by atoms with Crippen molar-refractivity contribution in [1.82, 2.24) is 0 Å². The molecular formula is C15H22O. The molecular weight excluding hydrogens is 196 g/mol. The van der Waals surface area contributed by atoms with E-state index in [1.807, 2.05) is 43.3 Å². The third-order valence-electron chi connectivity index (χ3n) is 2.13. The summed E-state index contributed by atoms with van der Waals surface area (Å²) < 4.78 is 0. The average molecular weight is 218 g/mol. The third-order valence-corrected chi connectivity index (χ3v) is 2.13. The molecule has 1 heteroatoms. The monoisotopic (exact) mass is 218 g/mol. The van der Waals surface area contributed by atoms with Crippen LogP contribution in [-0.4, -0.2) is 5.78 Å². The van der Waals surface area contributed by atoms with E-state index in [0.717, 1.165) is 12.0 Å². The molecule has 0 bridgehead atoms. The molecule has 1 aromatic carbocycles. The van der Waals surface area contributed by atoms with Crippen LogP contribution in [0.1, 0.15) is 38.7 Å². The summed E-state index contributed by atoms with van der Waals surface area (Å²) in [6.45, 7) is 7.59. The van der Waals surface area contributed by atoms with E-state index in [0.29, 0.717) is 18.6 Å². The van der Waals surface area contributed by atoms with Crippen LogP contribution in [0.15, 0.2) is 43.0 Å². The largest absolute Gasteiger partial charge is 0.299 e. The molecule has 1 rings (SSSR count). The maximum absolute atomic E-state index is 11.0. The molecule has 0 fully saturated rings. The van der Waals surface area contributed by atoms with Crippen LogP contribution in [-0.2, 0) is 11.2 Å². The van der Waals surface area contributed by atoms with Crippen molar-refractivity contribution < 1.29 is 4.79 Å². The Hall–Kier alpha value is -1.37. The van der Waals surface area contributed by atoms with Crippen LogP contribution in [0.4, 0.5) is 0 Å². The third kappa shape index (κ3) is 7.98. The molecule has 0 saturated carbocycles. The molecule has 88 valence electrons. The number of hydrogen-bond donors (Lipinski definition) is 0. The summed E-state index contributed by atoms with van der Waals surface area (Å²) in [5.41, 5.74) is 1.11. The van der Waals surface area contributed by atoms with Crippen molar-refractivity contribution in [1.29, 1.82) is 0 Å². The molecule has 16 heavy (non-hydrogen) atoms. The molecule has 0 radical (unpaired) electrons. The quantitative estimate of drug-likeness (QED) is 0.677. The molecule has 0 spiro atoms. The number of benzene rings is 1. The van der Waals surface area contributed by atoms with E-state index in [9.17, 15) is 4.79 Å². The minimum Gasteiger partial charge on any atom is -0.299 e. The Morgan fingerprint density at radius 1 is 1.25 bits per heavy atom. The number of carbonyl (C=O) groups excluding carboxylic acids is 1. The molecule has 1 aromatic rings. The van der Waals surface area contributed by atoms with E-state index in [1.54, 1.807) is 0 Å². The SMILES string of the molecule is C=CCCC.CCC(=O)Cc1ccccc1. The lowest BCUT2D eigenvalue weighted by Crippen LogP contribution is -1.99. The maximum atomic E-state index is 11.0. The van der Waals surface area contributed by atoms with Gasteiger partial charge in [0.25, 0.3) is 0 Å². The van der Waals surface area contributed by atoms with Gasteiger partial charge in [-0.05, 0) is 12.0 Å². The van der Waals surface area contributed by atoms with Gasteiger partial charge in [-0.25, -0.2) is 0 Å². The smallest absolute Gasteiger partial charge is 0.136 e. The second-order valence-electron chi connectivity index (χ2n) is 3.63. The Kier molecular flexibility index (Phi) is 9.29. The first-order valence-corrected chi connectivity index (χ1v) is 5.91. The fraction of sp³-hybridized carbons (Fsp3) is 0.400. The van der Waals surface area contributed by atoms with E-state index < -0.39 is 0 Å². The van der Waals surface area contributed by atoms with E-state index in [2.05, 4.69) is 13.5 Å². The molecule has 0 aliphatic heterocycles.